The van der Waals surface area contributed by atoms with Gasteiger partial charge in [0.05, 0.1) is 0 Å². The third kappa shape index (κ3) is 2.84. The summed E-state index contributed by atoms with van der Waals surface area (Å²) in [6.45, 7) is 5.23. The molecule has 2 rings (SSSR count). The van der Waals surface area contributed by atoms with E-state index in [1.807, 2.05) is 13.0 Å². The number of thioether (sulfide) groups is 1. The molecule has 15 heavy (non-hydrogen) atoms. The summed E-state index contributed by atoms with van der Waals surface area (Å²) in [5.74, 6) is 3.06. The van der Waals surface area contributed by atoms with Crippen LogP contribution in [-0.4, -0.2) is 27.0 Å². The Morgan fingerprint density at radius 2 is 2.47 bits per heavy atom. The Morgan fingerprint density at radius 3 is 3.13 bits per heavy atom. The second-order valence-electron chi connectivity index (χ2n) is 4.24. The van der Waals surface area contributed by atoms with Crippen LogP contribution < -0.4 is 5.32 Å². The van der Waals surface area contributed by atoms with Gasteiger partial charge in [-0.1, -0.05) is 0 Å². The largest absolute Gasteiger partial charge is 0.369 e. The van der Waals surface area contributed by atoms with Gasteiger partial charge in [-0.25, -0.2) is 9.97 Å². The highest BCUT2D eigenvalue weighted by Crippen LogP contribution is 2.37. The summed E-state index contributed by atoms with van der Waals surface area (Å²) < 4.78 is 0.388. The number of aryl methyl sites for hydroxylation is 1. The van der Waals surface area contributed by atoms with E-state index in [0.717, 1.165) is 18.2 Å². The normalized spacial score (nSPS) is 25.5. The lowest BCUT2D eigenvalue weighted by atomic mass is 10.1. The predicted octanol–water partition coefficient (Wildman–Crippen LogP) is 2.48. The number of rotatable bonds is 3. The molecule has 1 fully saturated rings. The van der Waals surface area contributed by atoms with Crippen LogP contribution >= 0.6 is 11.8 Å². The first kappa shape index (κ1) is 10.7. The average molecular weight is 223 g/mol. The fourth-order valence-electron chi connectivity index (χ4n) is 1.81. The van der Waals surface area contributed by atoms with Crippen molar-refractivity contribution < 1.29 is 0 Å². The third-order valence-corrected chi connectivity index (χ3v) is 4.26. The summed E-state index contributed by atoms with van der Waals surface area (Å²) in [5, 5.41) is 3.40. The van der Waals surface area contributed by atoms with Gasteiger partial charge in [-0.05, 0) is 38.5 Å². The van der Waals surface area contributed by atoms with Crippen LogP contribution in [0.1, 0.15) is 25.6 Å². The Hall–Kier alpha value is -0.770. The van der Waals surface area contributed by atoms with E-state index in [2.05, 4.69) is 34.0 Å². The Labute approximate surface area is 95.1 Å². The molecule has 1 aliphatic rings. The van der Waals surface area contributed by atoms with E-state index in [0.29, 0.717) is 4.75 Å². The zero-order valence-corrected chi connectivity index (χ0v) is 10.1. The molecule has 0 bridgehead atoms. The van der Waals surface area contributed by atoms with Crippen LogP contribution in [0, 0.1) is 6.92 Å². The molecule has 1 saturated heterocycles. The molecule has 3 nitrogen and oxygen atoms in total. The van der Waals surface area contributed by atoms with Gasteiger partial charge in [-0.2, -0.15) is 11.8 Å². The van der Waals surface area contributed by atoms with Crippen molar-refractivity contribution in [2.45, 2.75) is 31.4 Å². The Kier molecular flexibility index (Phi) is 3.14. The molecule has 1 atom stereocenters. The number of hydrogen-bond acceptors (Lipinski definition) is 4. The summed E-state index contributed by atoms with van der Waals surface area (Å²) in [5.41, 5.74) is 0. The molecule has 4 heteroatoms. The van der Waals surface area contributed by atoms with Gasteiger partial charge >= 0.3 is 0 Å². The summed E-state index contributed by atoms with van der Waals surface area (Å²) in [4.78, 5) is 8.41. The number of nitrogens with zero attached hydrogens (tertiary/aromatic N) is 2. The van der Waals surface area contributed by atoms with Crippen LogP contribution in [0.3, 0.4) is 0 Å². The van der Waals surface area contributed by atoms with Crippen molar-refractivity contribution in [2.75, 3.05) is 17.6 Å². The third-order valence-electron chi connectivity index (χ3n) is 2.72. The summed E-state index contributed by atoms with van der Waals surface area (Å²) in [6, 6.07) is 1.93. The number of hydrogen-bond donors (Lipinski definition) is 1. The minimum atomic E-state index is 0.388. The molecular formula is C11H17N3S. The summed E-state index contributed by atoms with van der Waals surface area (Å²) in [7, 11) is 0. The smallest absolute Gasteiger partial charge is 0.129 e. The van der Waals surface area contributed by atoms with Crippen LogP contribution in [0.2, 0.25) is 0 Å². The van der Waals surface area contributed by atoms with Crippen LogP contribution in [0.15, 0.2) is 12.3 Å². The van der Waals surface area contributed by atoms with Crippen LogP contribution in [-0.2, 0) is 0 Å². The summed E-state index contributed by atoms with van der Waals surface area (Å²) in [6.07, 6.45) is 4.44. The fourth-order valence-corrected chi connectivity index (χ4v) is 3.05. The lowest BCUT2D eigenvalue weighted by Gasteiger charge is -2.23. The molecule has 2 heterocycles. The molecule has 0 aromatic carbocycles. The van der Waals surface area contributed by atoms with Crippen LogP contribution in [0.25, 0.3) is 0 Å². The van der Waals surface area contributed by atoms with Crippen LogP contribution in [0.5, 0.6) is 0 Å². The second kappa shape index (κ2) is 4.39. The minimum Gasteiger partial charge on any atom is -0.369 e. The maximum Gasteiger partial charge on any atom is 0.129 e. The van der Waals surface area contributed by atoms with E-state index in [-0.39, 0.29) is 0 Å². The molecule has 1 aliphatic heterocycles. The first-order valence-corrected chi connectivity index (χ1v) is 6.34. The predicted molar refractivity (Wildman–Crippen MR) is 65.4 cm³/mol. The van der Waals surface area contributed by atoms with Crippen molar-refractivity contribution in [2.24, 2.45) is 0 Å². The van der Waals surface area contributed by atoms with Gasteiger partial charge in [0, 0.05) is 17.5 Å². The molecule has 1 aromatic rings. The van der Waals surface area contributed by atoms with E-state index < -0.39 is 0 Å². The molecule has 82 valence electrons. The average Bonchev–Trinajstić information content (AvgIpc) is 2.63. The molecule has 1 unspecified atom stereocenters. The van der Waals surface area contributed by atoms with E-state index in [9.17, 15) is 0 Å². The van der Waals surface area contributed by atoms with Crippen LogP contribution in [0.4, 0.5) is 5.82 Å². The van der Waals surface area contributed by atoms with Crippen molar-refractivity contribution in [3.05, 3.63) is 18.1 Å². The SMILES string of the molecule is Cc1nccc(NCC2(C)CCCS2)n1. The van der Waals surface area contributed by atoms with E-state index >= 15 is 0 Å². The zero-order chi connectivity index (χ0) is 10.7. The highest BCUT2D eigenvalue weighted by atomic mass is 32.2. The fraction of sp³-hybridized carbons (Fsp3) is 0.636. The highest BCUT2D eigenvalue weighted by Gasteiger charge is 2.29. The van der Waals surface area contributed by atoms with E-state index in [1.54, 1.807) is 6.20 Å². The molecule has 1 aromatic heterocycles. The Morgan fingerprint density at radius 1 is 1.60 bits per heavy atom. The van der Waals surface area contributed by atoms with Gasteiger partial charge in [0.2, 0.25) is 0 Å². The topological polar surface area (TPSA) is 37.8 Å². The molecule has 0 saturated carbocycles. The molecule has 1 N–H and O–H groups in total. The molecule has 0 radical (unpaired) electrons. The Balaban J connectivity index is 1.92. The van der Waals surface area contributed by atoms with Gasteiger partial charge in [-0.15, -0.1) is 0 Å². The monoisotopic (exact) mass is 223 g/mol. The van der Waals surface area contributed by atoms with Gasteiger partial charge < -0.3 is 5.32 Å². The van der Waals surface area contributed by atoms with Gasteiger partial charge in [-0.3, -0.25) is 0 Å². The highest BCUT2D eigenvalue weighted by molar-refractivity contribution is 8.00. The van der Waals surface area contributed by atoms with Crippen molar-refractivity contribution in [3.8, 4) is 0 Å². The van der Waals surface area contributed by atoms with Crippen molar-refractivity contribution in [1.29, 1.82) is 0 Å². The molecular weight excluding hydrogens is 206 g/mol. The second-order valence-corrected chi connectivity index (χ2v) is 5.93. The van der Waals surface area contributed by atoms with Crippen molar-refractivity contribution >= 4 is 17.6 Å². The maximum absolute atomic E-state index is 4.33. The minimum absolute atomic E-state index is 0.388. The number of nitrogens with one attached hydrogen (secondary N) is 1. The van der Waals surface area contributed by atoms with Gasteiger partial charge in [0.1, 0.15) is 11.6 Å². The van der Waals surface area contributed by atoms with E-state index in [1.165, 1.54) is 18.6 Å². The van der Waals surface area contributed by atoms with Gasteiger partial charge in [0.25, 0.3) is 0 Å². The number of aromatic nitrogens is 2. The lowest BCUT2D eigenvalue weighted by molar-refractivity contribution is 0.633. The lowest BCUT2D eigenvalue weighted by Crippen LogP contribution is -2.27. The first-order chi connectivity index (χ1) is 7.18. The maximum atomic E-state index is 4.33. The quantitative estimate of drug-likeness (QED) is 0.854. The zero-order valence-electron chi connectivity index (χ0n) is 9.29. The summed E-state index contributed by atoms with van der Waals surface area (Å²) >= 11 is 2.06. The molecule has 0 aliphatic carbocycles. The van der Waals surface area contributed by atoms with E-state index in [4.69, 9.17) is 0 Å². The Bertz CT molecular complexity index is 334. The standard InChI is InChI=1S/C11H17N3S/c1-9-12-6-4-10(14-9)13-8-11(2)5-3-7-15-11/h4,6H,3,5,7-8H2,1-2H3,(H,12,13,14). The van der Waals surface area contributed by atoms with Gasteiger partial charge in [0.15, 0.2) is 0 Å². The first-order valence-electron chi connectivity index (χ1n) is 5.35. The number of anilines is 1. The van der Waals surface area contributed by atoms with Crippen molar-refractivity contribution in [3.63, 3.8) is 0 Å². The molecule has 0 spiro atoms. The van der Waals surface area contributed by atoms with Crippen molar-refractivity contribution in [1.82, 2.24) is 9.97 Å². The molecule has 0 amide bonds.